The van der Waals surface area contributed by atoms with E-state index in [-0.39, 0.29) is 11.8 Å². The number of rotatable bonds is 6. The maximum Gasteiger partial charge on any atom is 0.319 e. The highest BCUT2D eigenvalue weighted by Crippen LogP contribution is 2.07. The number of benzene rings is 1. The summed E-state index contributed by atoms with van der Waals surface area (Å²) in [6.07, 6.45) is 2.36. The van der Waals surface area contributed by atoms with Crippen molar-refractivity contribution in [3.63, 3.8) is 0 Å². The monoisotopic (exact) mass is 269 g/mol. The topological polar surface area (TPSA) is 67.1 Å². The normalized spacial score (nSPS) is 9.83. The second-order valence-corrected chi connectivity index (χ2v) is 4.34. The first kappa shape index (κ1) is 14.4. The lowest BCUT2D eigenvalue weighted by Crippen LogP contribution is -2.29. The molecule has 6 heteroatoms. The van der Waals surface area contributed by atoms with Gasteiger partial charge in [-0.2, -0.15) is 0 Å². The molecular weight excluding hydrogens is 253 g/mol. The molecule has 4 N–H and O–H groups in total. The highest BCUT2D eigenvalue weighted by atomic mass is 32.1. The van der Waals surface area contributed by atoms with Crippen LogP contribution in [0.1, 0.15) is 19.3 Å². The fraction of sp³-hybridized carbons (Fsp3) is 0.333. The van der Waals surface area contributed by atoms with Gasteiger partial charge in [0.05, 0.1) is 4.99 Å². The van der Waals surface area contributed by atoms with E-state index in [1.165, 1.54) is 24.3 Å². The molecule has 0 unspecified atom stereocenters. The molecule has 18 heavy (non-hydrogen) atoms. The van der Waals surface area contributed by atoms with Gasteiger partial charge in [0.1, 0.15) is 5.82 Å². The number of anilines is 1. The minimum atomic E-state index is -0.335. The van der Waals surface area contributed by atoms with Crippen molar-refractivity contribution in [2.24, 2.45) is 5.73 Å². The van der Waals surface area contributed by atoms with Crippen molar-refractivity contribution in [1.82, 2.24) is 5.32 Å². The molecule has 98 valence electrons. The van der Waals surface area contributed by atoms with Crippen LogP contribution in [0.5, 0.6) is 0 Å². The fourth-order valence-electron chi connectivity index (χ4n) is 1.33. The summed E-state index contributed by atoms with van der Waals surface area (Å²) in [4.78, 5) is 11.9. The molecule has 0 aliphatic heterocycles. The van der Waals surface area contributed by atoms with E-state index in [0.29, 0.717) is 23.6 Å². The molecule has 0 atom stereocenters. The van der Waals surface area contributed by atoms with E-state index in [4.69, 9.17) is 18.0 Å². The van der Waals surface area contributed by atoms with Crippen molar-refractivity contribution >= 4 is 28.9 Å². The van der Waals surface area contributed by atoms with Gasteiger partial charge in [0, 0.05) is 12.2 Å². The van der Waals surface area contributed by atoms with Crippen molar-refractivity contribution < 1.29 is 9.18 Å². The summed E-state index contributed by atoms with van der Waals surface area (Å²) in [7, 11) is 0. The van der Waals surface area contributed by atoms with Gasteiger partial charge in [0.2, 0.25) is 0 Å². The Hall–Kier alpha value is -1.69. The maximum atomic E-state index is 12.6. The van der Waals surface area contributed by atoms with Crippen LogP contribution < -0.4 is 16.4 Å². The Morgan fingerprint density at radius 2 is 1.94 bits per heavy atom. The summed E-state index contributed by atoms with van der Waals surface area (Å²) in [6, 6.07) is 5.27. The molecule has 1 aromatic carbocycles. The Morgan fingerprint density at radius 1 is 1.28 bits per heavy atom. The first-order valence-corrected chi connectivity index (χ1v) is 6.07. The lowest BCUT2D eigenvalue weighted by molar-refractivity contribution is 0.252. The molecule has 0 aliphatic rings. The summed E-state index contributed by atoms with van der Waals surface area (Å²) in [5.41, 5.74) is 5.90. The number of carbonyl (C=O) groups excluding carboxylic acids is 1. The Labute approximate surface area is 111 Å². The zero-order valence-electron chi connectivity index (χ0n) is 9.91. The standard InChI is InChI=1S/C12H16FN3OS/c13-9-4-6-10(7-5-9)16-12(17)15-8-2-1-3-11(14)18/h4-7H,1-3,8H2,(H2,14,18)(H2,15,16,17). The molecule has 0 saturated heterocycles. The molecule has 2 amide bonds. The SMILES string of the molecule is NC(=S)CCCCNC(=O)Nc1ccc(F)cc1. The number of carbonyl (C=O) groups is 1. The molecule has 1 rings (SSSR count). The second kappa shape index (κ2) is 7.60. The number of hydrogen-bond donors (Lipinski definition) is 3. The number of halogens is 1. The van der Waals surface area contributed by atoms with Crippen LogP contribution in [0.25, 0.3) is 0 Å². The lowest BCUT2D eigenvalue weighted by atomic mass is 10.2. The van der Waals surface area contributed by atoms with Gasteiger partial charge in [-0.25, -0.2) is 9.18 Å². The Bertz CT molecular complexity index is 408. The van der Waals surface area contributed by atoms with E-state index >= 15 is 0 Å². The first-order chi connectivity index (χ1) is 8.58. The van der Waals surface area contributed by atoms with Gasteiger partial charge in [-0.1, -0.05) is 12.2 Å². The van der Waals surface area contributed by atoms with Crippen molar-refractivity contribution in [3.05, 3.63) is 30.1 Å². The molecule has 0 spiro atoms. The quantitative estimate of drug-likeness (QED) is 0.549. The summed E-state index contributed by atoms with van der Waals surface area (Å²) in [5.74, 6) is -0.335. The largest absolute Gasteiger partial charge is 0.393 e. The second-order valence-electron chi connectivity index (χ2n) is 3.81. The molecular formula is C12H16FN3OS. The zero-order valence-corrected chi connectivity index (χ0v) is 10.7. The van der Waals surface area contributed by atoms with Gasteiger partial charge in [-0.05, 0) is 43.5 Å². The predicted molar refractivity (Wildman–Crippen MR) is 74.1 cm³/mol. The van der Waals surface area contributed by atoms with Crippen LogP contribution >= 0.6 is 12.2 Å². The van der Waals surface area contributed by atoms with Crippen LogP contribution in [0.2, 0.25) is 0 Å². The average molecular weight is 269 g/mol. The number of nitrogens with two attached hydrogens (primary N) is 1. The molecule has 0 fully saturated rings. The van der Waals surface area contributed by atoms with Crippen LogP contribution in [-0.4, -0.2) is 17.6 Å². The van der Waals surface area contributed by atoms with Gasteiger partial charge in [0.25, 0.3) is 0 Å². The Balaban J connectivity index is 2.17. The molecule has 4 nitrogen and oxygen atoms in total. The molecule has 0 aliphatic carbocycles. The van der Waals surface area contributed by atoms with Gasteiger partial charge < -0.3 is 16.4 Å². The number of urea groups is 1. The van der Waals surface area contributed by atoms with Crippen molar-refractivity contribution in [3.8, 4) is 0 Å². The van der Waals surface area contributed by atoms with Crippen molar-refractivity contribution in [2.75, 3.05) is 11.9 Å². The summed E-state index contributed by atoms with van der Waals surface area (Å²) >= 11 is 4.74. The number of amides is 2. The van der Waals surface area contributed by atoms with E-state index < -0.39 is 0 Å². The molecule has 0 bridgehead atoms. The number of thiocarbonyl (C=S) groups is 1. The Morgan fingerprint density at radius 3 is 2.56 bits per heavy atom. The van der Waals surface area contributed by atoms with E-state index in [1.54, 1.807) is 0 Å². The highest BCUT2D eigenvalue weighted by Gasteiger charge is 2.00. The van der Waals surface area contributed by atoms with Crippen LogP contribution in [0.15, 0.2) is 24.3 Å². The van der Waals surface area contributed by atoms with Gasteiger partial charge in [-0.3, -0.25) is 0 Å². The average Bonchev–Trinajstić information content (AvgIpc) is 2.31. The number of nitrogens with one attached hydrogen (secondary N) is 2. The van der Waals surface area contributed by atoms with E-state index in [2.05, 4.69) is 10.6 Å². The third kappa shape index (κ3) is 6.15. The van der Waals surface area contributed by atoms with Gasteiger partial charge in [-0.15, -0.1) is 0 Å². The highest BCUT2D eigenvalue weighted by molar-refractivity contribution is 7.80. The minimum Gasteiger partial charge on any atom is -0.393 e. The minimum absolute atomic E-state index is 0.308. The van der Waals surface area contributed by atoms with Crippen LogP contribution in [0.3, 0.4) is 0 Å². The van der Waals surface area contributed by atoms with Gasteiger partial charge in [0.15, 0.2) is 0 Å². The third-order valence-electron chi connectivity index (χ3n) is 2.24. The Kier molecular flexibility index (Phi) is 6.07. The number of hydrogen-bond acceptors (Lipinski definition) is 2. The number of unbranched alkanes of at least 4 members (excludes halogenated alkanes) is 1. The maximum absolute atomic E-state index is 12.6. The van der Waals surface area contributed by atoms with Crippen LogP contribution in [0.4, 0.5) is 14.9 Å². The summed E-state index contributed by atoms with van der Waals surface area (Å²) in [5, 5.41) is 5.29. The van der Waals surface area contributed by atoms with Crippen LogP contribution in [-0.2, 0) is 0 Å². The van der Waals surface area contributed by atoms with Gasteiger partial charge >= 0.3 is 6.03 Å². The molecule has 0 aromatic heterocycles. The molecule has 0 radical (unpaired) electrons. The predicted octanol–water partition coefficient (Wildman–Crippen LogP) is 2.40. The summed E-state index contributed by atoms with van der Waals surface area (Å²) < 4.78 is 12.6. The van der Waals surface area contributed by atoms with Crippen LogP contribution in [0, 0.1) is 5.82 Å². The van der Waals surface area contributed by atoms with E-state index in [9.17, 15) is 9.18 Å². The van der Waals surface area contributed by atoms with Crippen molar-refractivity contribution in [2.45, 2.75) is 19.3 Å². The lowest BCUT2D eigenvalue weighted by Gasteiger charge is -2.07. The molecule has 0 heterocycles. The van der Waals surface area contributed by atoms with E-state index in [1.807, 2.05) is 0 Å². The molecule has 1 aromatic rings. The smallest absolute Gasteiger partial charge is 0.319 e. The zero-order chi connectivity index (χ0) is 13.4. The first-order valence-electron chi connectivity index (χ1n) is 5.66. The van der Waals surface area contributed by atoms with Crippen molar-refractivity contribution in [1.29, 1.82) is 0 Å². The molecule has 0 saturated carbocycles. The third-order valence-corrected chi connectivity index (χ3v) is 2.44. The fourth-order valence-corrected chi connectivity index (χ4v) is 1.48. The summed E-state index contributed by atoms with van der Waals surface area (Å²) in [6.45, 7) is 0.551. The van der Waals surface area contributed by atoms with E-state index in [0.717, 1.165) is 12.8 Å².